The van der Waals surface area contributed by atoms with Crippen LogP contribution in [0.4, 0.5) is 0 Å². The molecule has 3 fully saturated rings. The SMILES string of the molecule is CCc1ccc(C23CC(C2)C3)cc1. The summed E-state index contributed by atoms with van der Waals surface area (Å²) in [5.74, 6) is 1.09. The van der Waals surface area contributed by atoms with E-state index in [2.05, 4.69) is 31.2 Å². The molecule has 3 saturated carbocycles. The van der Waals surface area contributed by atoms with Crippen molar-refractivity contribution in [3.63, 3.8) is 0 Å². The Hall–Kier alpha value is -0.780. The molecular weight excluding hydrogens is 156 g/mol. The third-order valence-corrected chi connectivity index (χ3v) is 4.01. The predicted molar refractivity (Wildman–Crippen MR) is 54.8 cm³/mol. The van der Waals surface area contributed by atoms with Crippen LogP contribution in [0.5, 0.6) is 0 Å². The molecule has 0 aromatic heterocycles. The number of rotatable bonds is 2. The second-order valence-electron chi connectivity index (χ2n) is 4.81. The van der Waals surface area contributed by atoms with Crippen LogP contribution in [-0.2, 0) is 11.8 Å². The first-order valence-electron chi connectivity index (χ1n) is 5.42. The van der Waals surface area contributed by atoms with Crippen molar-refractivity contribution in [1.29, 1.82) is 0 Å². The Morgan fingerprint density at radius 3 is 2.15 bits per heavy atom. The number of aryl methyl sites for hydroxylation is 1. The summed E-state index contributed by atoms with van der Waals surface area (Å²) < 4.78 is 0. The lowest BCUT2D eigenvalue weighted by molar-refractivity contribution is -0.0274. The summed E-state index contributed by atoms with van der Waals surface area (Å²) in [5, 5.41) is 0. The maximum atomic E-state index is 2.36. The highest BCUT2D eigenvalue weighted by atomic mass is 14.6. The van der Waals surface area contributed by atoms with Gasteiger partial charge >= 0.3 is 0 Å². The van der Waals surface area contributed by atoms with Crippen molar-refractivity contribution in [3.8, 4) is 0 Å². The third kappa shape index (κ3) is 0.919. The summed E-state index contributed by atoms with van der Waals surface area (Å²) >= 11 is 0. The fourth-order valence-electron chi connectivity index (χ4n) is 2.93. The van der Waals surface area contributed by atoms with E-state index in [-0.39, 0.29) is 0 Å². The molecule has 0 N–H and O–H groups in total. The van der Waals surface area contributed by atoms with Crippen molar-refractivity contribution in [1.82, 2.24) is 0 Å². The van der Waals surface area contributed by atoms with Crippen LogP contribution < -0.4 is 0 Å². The van der Waals surface area contributed by atoms with Crippen LogP contribution in [0.3, 0.4) is 0 Å². The van der Waals surface area contributed by atoms with Crippen LogP contribution in [0.2, 0.25) is 0 Å². The van der Waals surface area contributed by atoms with Crippen LogP contribution in [0.15, 0.2) is 24.3 Å². The molecule has 68 valence electrons. The van der Waals surface area contributed by atoms with Gasteiger partial charge in [-0.1, -0.05) is 31.2 Å². The summed E-state index contributed by atoms with van der Waals surface area (Å²) in [6, 6.07) is 9.31. The van der Waals surface area contributed by atoms with E-state index < -0.39 is 0 Å². The molecule has 0 saturated heterocycles. The first kappa shape index (κ1) is 7.61. The van der Waals surface area contributed by atoms with Gasteiger partial charge in [-0.05, 0) is 48.1 Å². The molecule has 3 aliphatic carbocycles. The molecule has 1 aromatic rings. The molecule has 3 aliphatic rings. The summed E-state index contributed by atoms with van der Waals surface area (Å²) in [6.07, 6.45) is 5.57. The lowest BCUT2D eigenvalue weighted by Crippen LogP contribution is -2.55. The number of hydrogen-bond donors (Lipinski definition) is 0. The van der Waals surface area contributed by atoms with Crippen LogP contribution in [0.1, 0.15) is 37.3 Å². The van der Waals surface area contributed by atoms with Crippen molar-refractivity contribution in [3.05, 3.63) is 35.4 Å². The lowest BCUT2D eigenvalue weighted by Gasteiger charge is -2.62. The normalized spacial score (nSPS) is 35.0. The first-order chi connectivity index (χ1) is 6.32. The molecule has 0 heterocycles. The average Bonchev–Trinajstić information content (AvgIpc) is 2.00. The second kappa shape index (κ2) is 2.37. The minimum atomic E-state index is 0.650. The van der Waals surface area contributed by atoms with Gasteiger partial charge in [-0.25, -0.2) is 0 Å². The van der Waals surface area contributed by atoms with E-state index in [0.29, 0.717) is 5.41 Å². The fraction of sp³-hybridized carbons (Fsp3) is 0.538. The number of hydrogen-bond acceptors (Lipinski definition) is 0. The molecule has 4 rings (SSSR count). The third-order valence-electron chi connectivity index (χ3n) is 4.01. The van der Waals surface area contributed by atoms with Crippen LogP contribution in [0.25, 0.3) is 0 Å². The van der Waals surface area contributed by atoms with Gasteiger partial charge in [0.15, 0.2) is 0 Å². The standard InChI is InChI=1S/C13H16/c1-2-10-3-5-12(6-4-10)13-7-11(8-13)9-13/h3-6,11H,2,7-9H2,1H3. The van der Waals surface area contributed by atoms with Crippen molar-refractivity contribution in [2.45, 2.75) is 38.0 Å². The summed E-state index contributed by atoms with van der Waals surface area (Å²) in [6.45, 7) is 2.22. The van der Waals surface area contributed by atoms with Crippen LogP contribution >= 0.6 is 0 Å². The van der Waals surface area contributed by atoms with Crippen molar-refractivity contribution in [2.24, 2.45) is 5.92 Å². The van der Waals surface area contributed by atoms with Gasteiger partial charge in [-0.2, -0.15) is 0 Å². The predicted octanol–water partition coefficient (Wildman–Crippen LogP) is 3.30. The Bertz CT molecular complexity index is 303. The van der Waals surface area contributed by atoms with Crippen LogP contribution in [-0.4, -0.2) is 0 Å². The first-order valence-corrected chi connectivity index (χ1v) is 5.42. The molecule has 2 bridgehead atoms. The molecule has 0 nitrogen and oxygen atoms in total. The van der Waals surface area contributed by atoms with E-state index in [9.17, 15) is 0 Å². The zero-order valence-electron chi connectivity index (χ0n) is 8.22. The number of benzene rings is 1. The fourth-order valence-corrected chi connectivity index (χ4v) is 2.93. The highest BCUT2D eigenvalue weighted by Crippen LogP contribution is 2.64. The van der Waals surface area contributed by atoms with Gasteiger partial charge in [0.25, 0.3) is 0 Å². The highest BCUT2D eigenvalue weighted by molar-refractivity contribution is 5.36. The van der Waals surface area contributed by atoms with Crippen LogP contribution in [0, 0.1) is 5.92 Å². The summed E-state index contributed by atoms with van der Waals surface area (Å²) in [4.78, 5) is 0. The molecule has 1 aromatic carbocycles. The van der Waals surface area contributed by atoms with Gasteiger partial charge in [-0.3, -0.25) is 0 Å². The molecule has 0 heteroatoms. The van der Waals surface area contributed by atoms with E-state index in [0.717, 1.165) is 12.3 Å². The quantitative estimate of drug-likeness (QED) is 0.642. The Kier molecular flexibility index (Phi) is 1.39. The molecule has 0 unspecified atom stereocenters. The zero-order chi connectivity index (χ0) is 8.89. The van der Waals surface area contributed by atoms with Gasteiger partial charge in [0, 0.05) is 0 Å². The van der Waals surface area contributed by atoms with E-state index in [4.69, 9.17) is 0 Å². The van der Waals surface area contributed by atoms with E-state index >= 15 is 0 Å². The lowest BCUT2D eigenvalue weighted by atomic mass is 9.42. The summed E-state index contributed by atoms with van der Waals surface area (Å²) in [5.41, 5.74) is 3.72. The van der Waals surface area contributed by atoms with Crippen molar-refractivity contribution >= 4 is 0 Å². The van der Waals surface area contributed by atoms with Gasteiger partial charge in [-0.15, -0.1) is 0 Å². The Labute approximate surface area is 80.0 Å². The Morgan fingerprint density at radius 1 is 1.15 bits per heavy atom. The zero-order valence-corrected chi connectivity index (χ0v) is 8.22. The largest absolute Gasteiger partial charge is 0.0613 e. The highest BCUT2D eigenvalue weighted by Gasteiger charge is 2.57. The van der Waals surface area contributed by atoms with E-state index in [1.54, 1.807) is 5.56 Å². The van der Waals surface area contributed by atoms with Gasteiger partial charge in [0.05, 0.1) is 0 Å². The van der Waals surface area contributed by atoms with Crippen molar-refractivity contribution in [2.75, 3.05) is 0 Å². The molecule has 0 amide bonds. The smallest absolute Gasteiger partial charge is 0.00390 e. The Morgan fingerprint density at radius 2 is 1.77 bits per heavy atom. The summed E-state index contributed by atoms with van der Waals surface area (Å²) in [7, 11) is 0. The second-order valence-corrected chi connectivity index (χ2v) is 4.81. The minimum Gasteiger partial charge on any atom is -0.0613 e. The Balaban J connectivity index is 1.89. The molecule has 0 aliphatic heterocycles. The molecule has 0 atom stereocenters. The molecule has 0 spiro atoms. The van der Waals surface area contributed by atoms with Gasteiger partial charge in [0.1, 0.15) is 0 Å². The maximum Gasteiger partial charge on any atom is -0.00390 e. The molecular formula is C13H16. The average molecular weight is 172 g/mol. The topological polar surface area (TPSA) is 0 Å². The molecule has 13 heavy (non-hydrogen) atoms. The van der Waals surface area contributed by atoms with Gasteiger partial charge in [0.2, 0.25) is 0 Å². The maximum absolute atomic E-state index is 2.36. The monoisotopic (exact) mass is 172 g/mol. The van der Waals surface area contributed by atoms with Gasteiger partial charge < -0.3 is 0 Å². The van der Waals surface area contributed by atoms with E-state index in [1.165, 1.54) is 24.8 Å². The van der Waals surface area contributed by atoms with Crippen molar-refractivity contribution < 1.29 is 0 Å². The molecule has 0 radical (unpaired) electrons. The van der Waals surface area contributed by atoms with E-state index in [1.807, 2.05) is 0 Å². The minimum absolute atomic E-state index is 0.650.